The Morgan fingerprint density at radius 2 is 2.15 bits per heavy atom. The van der Waals surface area contributed by atoms with Gasteiger partial charge in [0.25, 0.3) is 0 Å². The molecule has 1 aliphatic rings. The van der Waals surface area contributed by atoms with Gasteiger partial charge in [0.15, 0.2) is 0 Å². The fourth-order valence-corrected chi connectivity index (χ4v) is 2.38. The molecule has 0 amide bonds. The monoisotopic (exact) mass is 271 g/mol. The van der Waals surface area contributed by atoms with Crippen LogP contribution < -0.4 is 0 Å². The standard InChI is InChI=1S/C17H21NO2/c1-2-20-17(19)10-6-8-15-7-5-9-16(13-15)14-18-11-3-4-12-18/h5,7,9,13H,2-4,10-12,14H2,1H3. The van der Waals surface area contributed by atoms with Crippen molar-refractivity contribution in [3.63, 3.8) is 0 Å². The minimum absolute atomic E-state index is 0.157. The number of ether oxygens (including phenoxy) is 1. The molecular formula is C17H21NO2. The molecular weight excluding hydrogens is 250 g/mol. The Hall–Kier alpha value is -1.79. The van der Waals surface area contributed by atoms with Gasteiger partial charge < -0.3 is 4.74 Å². The van der Waals surface area contributed by atoms with Crippen molar-refractivity contribution in [3.05, 3.63) is 35.4 Å². The average Bonchev–Trinajstić information content (AvgIpc) is 2.92. The zero-order valence-electron chi connectivity index (χ0n) is 12.0. The third kappa shape index (κ3) is 4.71. The highest BCUT2D eigenvalue weighted by Gasteiger charge is 2.11. The fraction of sp³-hybridized carbons (Fsp3) is 0.471. The molecule has 0 aromatic heterocycles. The minimum Gasteiger partial charge on any atom is -0.465 e. The summed E-state index contributed by atoms with van der Waals surface area (Å²) in [6, 6.07) is 8.25. The van der Waals surface area contributed by atoms with E-state index in [1.165, 1.54) is 31.5 Å². The van der Waals surface area contributed by atoms with Crippen LogP contribution in [0, 0.1) is 11.8 Å². The van der Waals surface area contributed by atoms with Crippen molar-refractivity contribution in [1.29, 1.82) is 0 Å². The van der Waals surface area contributed by atoms with Gasteiger partial charge in [0.05, 0.1) is 6.61 Å². The Labute approximate surface area is 120 Å². The normalized spacial score (nSPS) is 14.7. The van der Waals surface area contributed by atoms with Crippen LogP contribution in [0.15, 0.2) is 24.3 Å². The predicted octanol–water partition coefficient (Wildman–Crippen LogP) is 2.59. The van der Waals surface area contributed by atoms with Gasteiger partial charge in [-0.05, 0) is 50.6 Å². The van der Waals surface area contributed by atoms with Crippen LogP contribution in [0.5, 0.6) is 0 Å². The molecule has 2 rings (SSSR count). The molecule has 1 aliphatic heterocycles. The highest BCUT2D eigenvalue weighted by atomic mass is 16.5. The van der Waals surface area contributed by atoms with Crippen LogP contribution in [0.1, 0.15) is 37.3 Å². The van der Waals surface area contributed by atoms with Crippen LogP contribution in [0.2, 0.25) is 0 Å². The van der Waals surface area contributed by atoms with E-state index in [9.17, 15) is 4.79 Å². The third-order valence-corrected chi connectivity index (χ3v) is 3.30. The van der Waals surface area contributed by atoms with Gasteiger partial charge >= 0.3 is 5.97 Å². The van der Waals surface area contributed by atoms with Gasteiger partial charge in [-0.2, -0.15) is 0 Å². The second-order valence-corrected chi connectivity index (χ2v) is 4.97. The van der Waals surface area contributed by atoms with E-state index in [1.54, 1.807) is 6.92 Å². The second kappa shape index (κ2) is 7.72. The fourth-order valence-electron chi connectivity index (χ4n) is 2.38. The van der Waals surface area contributed by atoms with Crippen molar-refractivity contribution >= 4 is 5.97 Å². The second-order valence-electron chi connectivity index (χ2n) is 4.97. The first-order chi connectivity index (χ1) is 9.78. The number of rotatable bonds is 4. The van der Waals surface area contributed by atoms with Crippen molar-refractivity contribution in [1.82, 2.24) is 4.90 Å². The Bertz CT molecular complexity index is 507. The number of likely N-dealkylation sites (tertiary alicyclic amines) is 1. The number of esters is 1. The van der Waals surface area contributed by atoms with Crippen molar-refractivity contribution in [2.75, 3.05) is 19.7 Å². The lowest BCUT2D eigenvalue weighted by Gasteiger charge is -2.14. The Morgan fingerprint density at radius 1 is 1.35 bits per heavy atom. The van der Waals surface area contributed by atoms with Crippen LogP contribution >= 0.6 is 0 Å². The smallest absolute Gasteiger partial charge is 0.317 e. The molecule has 0 spiro atoms. The zero-order valence-corrected chi connectivity index (χ0v) is 12.0. The van der Waals surface area contributed by atoms with Crippen molar-refractivity contribution < 1.29 is 9.53 Å². The van der Waals surface area contributed by atoms with E-state index in [0.717, 1.165) is 12.1 Å². The van der Waals surface area contributed by atoms with Crippen LogP contribution in [-0.4, -0.2) is 30.6 Å². The summed E-state index contributed by atoms with van der Waals surface area (Å²) in [5.41, 5.74) is 2.25. The molecule has 0 bridgehead atoms. The van der Waals surface area contributed by atoms with Crippen LogP contribution in [-0.2, 0) is 16.1 Å². The van der Waals surface area contributed by atoms with Gasteiger partial charge in [0, 0.05) is 12.1 Å². The van der Waals surface area contributed by atoms with Crippen molar-refractivity contribution in [2.45, 2.75) is 32.7 Å². The molecule has 1 aromatic rings. The highest BCUT2D eigenvalue weighted by molar-refractivity contribution is 5.72. The summed E-state index contributed by atoms with van der Waals surface area (Å²) >= 11 is 0. The maximum atomic E-state index is 11.2. The summed E-state index contributed by atoms with van der Waals surface area (Å²) in [7, 11) is 0. The quantitative estimate of drug-likeness (QED) is 0.622. The van der Waals surface area contributed by atoms with E-state index in [-0.39, 0.29) is 12.4 Å². The molecule has 0 atom stereocenters. The zero-order chi connectivity index (χ0) is 14.2. The van der Waals surface area contributed by atoms with Gasteiger partial charge in [-0.15, -0.1) is 0 Å². The summed E-state index contributed by atoms with van der Waals surface area (Å²) in [4.78, 5) is 13.7. The summed E-state index contributed by atoms with van der Waals surface area (Å²) in [5, 5.41) is 0. The van der Waals surface area contributed by atoms with Crippen LogP contribution in [0.25, 0.3) is 0 Å². The molecule has 20 heavy (non-hydrogen) atoms. The largest absolute Gasteiger partial charge is 0.465 e. The molecule has 106 valence electrons. The molecule has 3 nitrogen and oxygen atoms in total. The molecule has 0 unspecified atom stereocenters. The third-order valence-electron chi connectivity index (χ3n) is 3.30. The first-order valence-electron chi connectivity index (χ1n) is 7.23. The van der Waals surface area contributed by atoms with E-state index in [0.29, 0.717) is 6.61 Å². The molecule has 0 aliphatic carbocycles. The SMILES string of the molecule is CCOC(=O)CC#Cc1cccc(CN2CCCC2)c1. The van der Waals surface area contributed by atoms with Gasteiger partial charge in [-0.1, -0.05) is 24.0 Å². The van der Waals surface area contributed by atoms with E-state index >= 15 is 0 Å². The summed E-state index contributed by atoms with van der Waals surface area (Å²) in [6.07, 6.45) is 2.77. The van der Waals surface area contributed by atoms with Crippen molar-refractivity contribution in [3.8, 4) is 11.8 Å². The van der Waals surface area contributed by atoms with E-state index < -0.39 is 0 Å². The number of hydrogen-bond donors (Lipinski definition) is 0. The molecule has 1 aromatic carbocycles. The minimum atomic E-state index is -0.256. The number of carbonyl (C=O) groups excluding carboxylic acids is 1. The van der Waals surface area contributed by atoms with Crippen LogP contribution in [0.4, 0.5) is 0 Å². The molecule has 1 saturated heterocycles. The lowest BCUT2D eigenvalue weighted by Crippen LogP contribution is -2.18. The molecule has 0 N–H and O–H groups in total. The number of benzene rings is 1. The van der Waals surface area contributed by atoms with E-state index in [1.807, 2.05) is 12.1 Å². The molecule has 3 heteroatoms. The first-order valence-corrected chi connectivity index (χ1v) is 7.23. The van der Waals surface area contributed by atoms with Crippen LogP contribution in [0.3, 0.4) is 0 Å². The lowest BCUT2D eigenvalue weighted by molar-refractivity contribution is -0.141. The topological polar surface area (TPSA) is 29.5 Å². The average molecular weight is 271 g/mol. The number of hydrogen-bond acceptors (Lipinski definition) is 3. The van der Waals surface area contributed by atoms with Gasteiger partial charge in [-0.25, -0.2) is 0 Å². The molecule has 0 saturated carbocycles. The van der Waals surface area contributed by atoms with E-state index in [2.05, 4.69) is 28.9 Å². The Kier molecular flexibility index (Phi) is 5.64. The summed E-state index contributed by atoms with van der Waals surface area (Å²) < 4.78 is 4.84. The van der Waals surface area contributed by atoms with Gasteiger partial charge in [0.2, 0.25) is 0 Å². The summed E-state index contributed by atoms with van der Waals surface area (Å²) in [6.45, 7) is 5.59. The number of nitrogens with zero attached hydrogens (tertiary/aromatic N) is 1. The molecule has 0 radical (unpaired) electrons. The Balaban J connectivity index is 1.91. The highest BCUT2D eigenvalue weighted by Crippen LogP contribution is 2.13. The maximum absolute atomic E-state index is 11.2. The van der Waals surface area contributed by atoms with Gasteiger partial charge in [0.1, 0.15) is 6.42 Å². The first kappa shape index (κ1) is 14.6. The Morgan fingerprint density at radius 3 is 2.90 bits per heavy atom. The molecule has 1 heterocycles. The van der Waals surface area contributed by atoms with Gasteiger partial charge in [-0.3, -0.25) is 9.69 Å². The molecule has 1 fully saturated rings. The lowest BCUT2D eigenvalue weighted by atomic mass is 10.1. The summed E-state index contributed by atoms with van der Waals surface area (Å²) in [5.74, 6) is 5.64. The van der Waals surface area contributed by atoms with E-state index in [4.69, 9.17) is 4.74 Å². The van der Waals surface area contributed by atoms with Crippen molar-refractivity contribution in [2.24, 2.45) is 0 Å². The predicted molar refractivity (Wildman–Crippen MR) is 79.1 cm³/mol. The maximum Gasteiger partial charge on any atom is 0.317 e. The number of carbonyl (C=O) groups is 1.